The molecular weight excluding hydrogens is 240 g/mol. The highest BCUT2D eigenvalue weighted by Gasteiger charge is 2.17. The van der Waals surface area contributed by atoms with Crippen LogP contribution in [-0.2, 0) is 7.05 Å². The Hall–Kier alpha value is -2.44. The van der Waals surface area contributed by atoms with Crippen molar-refractivity contribution in [2.75, 3.05) is 5.73 Å². The number of nitrogen functional groups attached to an aromatic ring is 1. The number of hydrogen-bond donors (Lipinski definition) is 1. The summed E-state index contributed by atoms with van der Waals surface area (Å²) in [5.41, 5.74) is 6.58. The Bertz CT molecular complexity index is 743. The molecule has 0 radical (unpaired) electrons. The van der Waals surface area contributed by atoms with Crippen LogP contribution in [0.25, 0.3) is 16.7 Å². The number of anilines is 1. The van der Waals surface area contributed by atoms with Crippen LogP contribution in [0.4, 0.5) is 14.7 Å². The van der Waals surface area contributed by atoms with Gasteiger partial charge in [0.25, 0.3) is 0 Å². The molecule has 0 unspecified atom stereocenters. The highest BCUT2D eigenvalue weighted by atomic mass is 19.2. The number of benzene rings is 1. The molecule has 3 rings (SSSR count). The summed E-state index contributed by atoms with van der Waals surface area (Å²) in [7, 11) is 1.72. The van der Waals surface area contributed by atoms with Gasteiger partial charge in [-0.25, -0.2) is 13.8 Å². The quantitative estimate of drug-likeness (QED) is 0.712. The molecule has 1 aromatic carbocycles. The predicted octanol–water partition coefficient (Wildman–Crippen LogP) is 1.62. The Balaban J connectivity index is 2.41. The Labute approximate surface area is 100 Å². The molecule has 18 heavy (non-hydrogen) atoms. The van der Waals surface area contributed by atoms with Crippen molar-refractivity contribution in [3.8, 4) is 5.69 Å². The number of nitrogens with two attached hydrogens (primary N) is 1. The van der Waals surface area contributed by atoms with Crippen LogP contribution in [0.2, 0.25) is 0 Å². The molecule has 0 aliphatic heterocycles. The van der Waals surface area contributed by atoms with Crippen molar-refractivity contribution in [2.45, 2.75) is 0 Å². The van der Waals surface area contributed by atoms with E-state index in [1.54, 1.807) is 13.2 Å². The van der Waals surface area contributed by atoms with Crippen LogP contribution >= 0.6 is 0 Å². The summed E-state index contributed by atoms with van der Waals surface area (Å²) < 4.78 is 30.0. The van der Waals surface area contributed by atoms with Gasteiger partial charge in [0.15, 0.2) is 11.6 Å². The van der Waals surface area contributed by atoms with Crippen molar-refractivity contribution in [3.05, 3.63) is 36.2 Å². The smallest absolute Gasteiger partial charge is 0.206 e. The zero-order chi connectivity index (χ0) is 12.9. The second-order valence-corrected chi connectivity index (χ2v) is 3.91. The van der Waals surface area contributed by atoms with E-state index in [-0.39, 0.29) is 11.5 Å². The van der Waals surface area contributed by atoms with Gasteiger partial charge >= 0.3 is 0 Å². The predicted molar refractivity (Wildman–Crippen MR) is 62.2 cm³/mol. The number of aryl methyl sites for hydroxylation is 1. The fraction of sp³-hybridized carbons (Fsp3) is 0.0909. The van der Waals surface area contributed by atoms with Gasteiger partial charge in [-0.3, -0.25) is 9.25 Å². The fourth-order valence-corrected chi connectivity index (χ4v) is 1.91. The first-order chi connectivity index (χ1) is 8.58. The Kier molecular flexibility index (Phi) is 2.09. The molecule has 2 N–H and O–H groups in total. The van der Waals surface area contributed by atoms with Gasteiger partial charge < -0.3 is 5.73 Å². The first-order valence-electron chi connectivity index (χ1n) is 5.19. The molecule has 5 nitrogen and oxygen atoms in total. The maximum absolute atomic E-state index is 13.8. The zero-order valence-corrected chi connectivity index (χ0v) is 9.43. The first kappa shape index (κ1) is 10.7. The van der Waals surface area contributed by atoms with Gasteiger partial charge in [0.2, 0.25) is 5.95 Å². The van der Waals surface area contributed by atoms with Crippen LogP contribution in [0.5, 0.6) is 0 Å². The highest BCUT2D eigenvalue weighted by Crippen LogP contribution is 2.26. The van der Waals surface area contributed by atoms with Gasteiger partial charge in [-0.15, -0.1) is 0 Å². The number of hydrogen-bond acceptors (Lipinski definition) is 3. The monoisotopic (exact) mass is 249 g/mol. The van der Waals surface area contributed by atoms with Crippen LogP contribution in [0, 0.1) is 11.6 Å². The number of nitrogens with zero attached hydrogens (tertiary/aromatic N) is 4. The third kappa shape index (κ3) is 1.37. The third-order valence-corrected chi connectivity index (χ3v) is 2.68. The summed E-state index contributed by atoms with van der Waals surface area (Å²) in [6, 6.07) is 2.41. The Morgan fingerprint density at radius 2 is 2.06 bits per heavy atom. The van der Waals surface area contributed by atoms with Gasteiger partial charge in [-0.2, -0.15) is 5.10 Å². The second kappa shape index (κ2) is 3.52. The normalized spacial score (nSPS) is 11.3. The van der Waals surface area contributed by atoms with E-state index in [0.29, 0.717) is 11.2 Å². The van der Waals surface area contributed by atoms with Gasteiger partial charge in [-0.05, 0) is 12.1 Å². The molecule has 0 aliphatic rings. The fourth-order valence-electron chi connectivity index (χ4n) is 1.91. The third-order valence-electron chi connectivity index (χ3n) is 2.68. The molecule has 0 fully saturated rings. The summed E-state index contributed by atoms with van der Waals surface area (Å²) in [5, 5.41) is 3.97. The number of imidazole rings is 1. The minimum Gasteiger partial charge on any atom is -0.369 e. The molecule has 0 spiro atoms. The lowest BCUT2D eigenvalue weighted by Crippen LogP contribution is -2.01. The maximum Gasteiger partial charge on any atom is 0.206 e. The minimum atomic E-state index is -0.972. The Morgan fingerprint density at radius 1 is 1.28 bits per heavy atom. The number of halogens is 2. The molecule has 92 valence electrons. The van der Waals surface area contributed by atoms with Crippen molar-refractivity contribution >= 4 is 17.0 Å². The molecule has 7 heteroatoms. The lowest BCUT2D eigenvalue weighted by molar-refractivity contribution is 0.514. The second-order valence-electron chi connectivity index (χ2n) is 3.91. The van der Waals surface area contributed by atoms with E-state index in [0.717, 1.165) is 6.07 Å². The number of fused-ring (bicyclic) bond motifs is 1. The SMILES string of the molecule is Cn1cc(-n2c(N)nc3ccc(F)c(F)c32)cn1. The largest absolute Gasteiger partial charge is 0.369 e. The van der Waals surface area contributed by atoms with Crippen molar-refractivity contribution in [1.82, 2.24) is 19.3 Å². The van der Waals surface area contributed by atoms with Crippen LogP contribution in [0.1, 0.15) is 0 Å². The molecule has 0 atom stereocenters. The van der Waals surface area contributed by atoms with Crippen LogP contribution in [-0.4, -0.2) is 19.3 Å². The van der Waals surface area contributed by atoms with Gasteiger partial charge in [0.1, 0.15) is 5.52 Å². The van der Waals surface area contributed by atoms with E-state index >= 15 is 0 Å². The molecule has 2 heterocycles. The van der Waals surface area contributed by atoms with Crippen molar-refractivity contribution in [2.24, 2.45) is 7.05 Å². The van der Waals surface area contributed by atoms with Crippen molar-refractivity contribution in [3.63, 3.8) is 0 Å². The molecule has 0 aliphatic carbocycles. The Morgan fingerprint density at radius 3 is 2.72 bits per heavy atom. The standard InChI is InChI=1S/C11H9F2N5/c1-17-5-6(4-15-17)18-10-8(16-11(18)14)3-2-7(12)9(10)13/h2-5H,1H3,(H2,14,16). The van der Waals surface area contributed by atoms with Crippen LogP contribution in [0.3, 0.4) is 0 Å². The van der Waals surface area contributed by atoms with E-state index in [9.17, 15) is 8.78 Å². The first-order valence-corrected chi connectivity index (χ1v) is 5.19. The van der Waals surface area contributed by atoms with E-state index in [1.807, 2.05) is 0 Å². The van der Waals surface area contributed by atoms with Crippen LogP contribution in [0.15, 0.2) is 24.5 Å². The molecule has 0 saturated heterocycles. The maximum atomic E-state index is 13.8. The molecule has 0 amide bonds. The molecule has 0 bridgehead atoms. The average molecular weight is 249 g/mol. The molecule has 2 aromatic heterocycles. The van der Waals surface area contributed by atoms with Gasteiger partial charge in [-0.1, -0.05) is 0 Å². The van der Waals surface area contributed by atoms with E-state index in [4.69, 9.17) is 5.73 Å². The van der Waals surface area contributed by atoms with Crippen molar-refractivity contribution in [1.29, 1.82) is 0 Å². The summed E-state index contributed by atoms with van der Waals surface area (Å²) in [5.74, 6) is -1.82. The van der Waals surface area contributed by atoms with E-state index < -0.39 is 11.6 Å². The lowest BCUT2D eigenvalue weighted by atomic mass is 10.3. The topological polar surface area (TPSA) is 61.7 Å². The molecular formula is C11H9F2N5. The zero-order valence-electron chi connectivity index (χ0n) is 9.43. The summed E-state index contributed by atoms with van der Waals surface area (Å²) >= 11 is 0. The van der Waals surface area contributed by atoms with Gasteiger partial charge in [0, 0.05) is 13.2 Å². The average Bonchev–Trinajstić information content (AvgIpc) is 2.87. The summed E-state index contributed by atoms with van der Waals surface area (Å²) in [4.78, 5) is 4.00. The molecule has 3 aromatic rings. The number of rotatable bonds is 1. The summed E-state index contributed by atoms with van der Waals surface area (Å²) in [6.07, 6.45) is 3.14. The van der Waals surface area contributed by atoms with E-state index in [1.165, 1.54) is 21.5 Å². The lowest BCUT2D eigenvalue weighted by Gasteiger charge is -2.03. The van der Waals surface area contributed by atoms with Crippen LogP contribution < -0.4 is 5.73 Å². The molecule has 0 saturated carbocycles. The number of aromatic nitrogens is 4. The minimum absolute atomic E-state index is 0.0144. The van der Waals surface area contributed by atoms with Gasteiger partial charge in [0.05, 0.1) is 17.4 Å². The highest BCUT2D eigenvalue weighted by molar-refractivity contribution is 5.81. The summed E-state index contributed by atoms with van der Waals surface area (Å²) in [6.45, 7) is 0. The van der Waals surface area contributed by atoms with Crippen molar-refractivity contribution < 1.29 is 8.78 Å². The van der Waals surface area contributed by atoms with E-state index in [2.05, 4.69) is 10.1 Å².